The first-order valence-electron chi connectivity index (χ1n) is 7.31. The van der Waals surface area contributed by atoms with Gasteiger partial charge in [0.15, 0.2) is 5.13 Å². The molecule has 3 aromatic rings. The van der Waals surface area contributed by atoms with Crippen molar-refractivity contribution in [2.45, 2.75) is 25.7 Å². The molecule has 0 fully saturated rings. The van der Waals surface area contributed by atoms with Gasteiger partial charge in [-0.3, -0.25) is 15.1 Å². The van der Waals surface area contributed by atoms with Crippen LogP contribution < -0.4 is 5.32 Å². The highest BCUT2D eigenvalue weighted by atomic mass is 32.1. The SMILES string of the molecule is O=C(Nc1nc2c(s1)CCCC2)c1cnc2ccccc2n1. The van der Waals surface area contributed by atoms with Crippen molar-refractivity contribution in [3.63, 3.8) is 0 Å². The van der Waals surface area contributed by atoms with Crippen molar-refractivity contribution in [2.24, 2.45) is 0 Å². The van der Waals surface area contributed by atoms with E-state index in [1.807, 2.05) is 24.3 Å². The number of amides is 1. The van der Waals surface area contributed by atoms with Crippen molar-refractivity contribution in [3.05, 3.63) is 46.7 Å². The third-order valence-corrected chi connectivity index (χ3v) is 4.82. The summed E-state index contributed by atoms with van der Waals surface area (Å²) in [6.07, 6.45) is 5.97. The standard InChI is InChI=1S/C16H14N4OS/c21-15(13-9-17-10-5-1-2-6-11(10)18-13)20-16-19-12-7-3-4-8-14(12)22-16/h1-2,5-6,9H,3-4,7-8H2,(H,19,20,21). The Morgan fingerprint density at radius 2 is 1.91 bits per heavy atom. The zero-order valence-corrected chi connectivity index (χ0v) is 12.7. The number of anilines is 1. The van der Waals surface area contributed by atoms with Crippen LogP contribution in [0.1, 0.15) is 33.9 Å². The molecule has 5 nitrogen and oxygen atoms in total. The van der Waals surface area contributed by atoms with Gasteiger partial charge < -0.3 is 0 Å². The second-order valence-electron chi connectivity index (χ2n) is 5.29. The normalized spacial score (nSPS) is 13.8. The van der Waals surface area contributed by atoms with Crippen LogP contribution in [0.15, 0.2) is 30.5 Å². The Morgan fingerprint density at radius 1 is 1.09 bits per heavy atom. The van der Waals surface area contributed by atoms with Gasteiger partial charge in [-0.25, -0.2) is 9.97 Å². The molecule has 110 valence electrons. The summed E-state index contributed by atoms with van der Waals surface area (Å²) in [6.45, 7) is 0. The molecule has 4 rings (SSSR count). The Hall–Kier alpha value is -2.34. The molecular formula is C16H14N4OS. The third kappa shape index (κ3) is 2.46. The predicted octanol–water partition coefficient (Wildman–Crippen LogP) is 3.22. The molecule has 1 aliphatic rings. The smallest absolute Gasteiger partial charge is 0.277 e. The first-order chi connectivity index (χ1) is 10.8. The van der Waals surface area contributed by atoms with Gasteiger partial charge in [0.2, 0.25) is 0 Å². The maximum atomic E-state index is 12.3. The van der Waals surface area contributed by atoms with Crippen molar-refractivity contribution < 1.29 is 4.79 Å². The molecule has 2 heterocycles. The number of nitrogens with one attached hydrogen (secondary N) is 1. The van der Waals surface area contributed by atoms with Gasteiger partial charge in [0.05, 0.1) is 22.9 Å². The minimum atomic E-state index is -0.260. The first-order valence-corrected chi connectivity index (χ1v) is 8.13. The monoisotopic (exact) mass is 310 g/mol. The van der Waals surface area contributed by atoms with Crippen LogP contribution in [-0.4, -0.2) is 20.9 Å². The summed E-state index contributed by atoms with van der Waals surface area (Å²) in [7, 11) is 0. The molecule has 0 spiro atoms. The number of aryl methyl sites for hydroxylation is 2. The minimum Gasteiger partial charge on any atom is -0.296 e. The number of carbonyl (C=O) groups excluding carboxylic acids is 1. The molecule has 1 aromatic carbocycles. The second-order valence-corrected chi connectivity index (χ2v) is 6.38. The first kappa shape index (κ1) is 13.3. The van der Waals surface area contributed by atoms with E-state index in [-0.39, 0.29) is 5.91 Å². The Morgan fingerprint density at radius 3 is 2.77 bits per heavy atom. The molecule has 6 heteroatoms. The van der Waals surface area contributed by atoms with Gasteiger partial charge in [-0.05, 0) is 37.8 Å². The number of nitrogens with zero attached hydrogens (tertiary/aromatic N) is 3. The minimum absolute atomic E-state index is 0.260. The van der Waals surface area contributed by atoms with Crippen molar-refractivity contribution >= 4 is 33.4 Å². The van der Waals surface area contributed by atoms with Crippen molar-refractivity contribution in [2.75, 3.05) is 5.32 Å². The average molecular weight is 310 g/mol. The van der Waals surface area contributed by atoms with E-state index in [9.17, 15) is 4.79 Å². The number of hydrogen-bond acceptors (Lipinski definition) is 5. The van der Waals surface area contributed by atoms with Crippen LogP contribution in [0.4, 0.5) is 5.13 Å². The molecule has 2 aromatic heterocycles. The summed E-state index contributed by atoms with van der Waals surface area (Å²) < 4.78 is 0. The number of benzene rings is 1. The van der Waals surface area contributed by atoms with Crippen LogP contribution in [-0.2, 0) is 12.8 Å². The van der Waals surface area contributed by atoms with Gasteiger partial charge in [-0.1, -0.05) is 12.1 Å². The number of rotatable bonds is 2. The number of thiazole rings is 1. The molecule has 1 amide bonds. The maximum Gasteiger partial charge on any atom is 0.277 e. The maximum absolute atomic E-state index is 12.3. The summed E-state index contributed by atoms with van der Waals surface area (Å²) in [5.41, 5.74) is 2.94. The van der Waals surface area contributed by atoms with Crippen LogP contribution in [0.3, 0.4) is 0 Å². The Kier molecular flexibility index (Phi) is 3.31. The Labute approximate surface area is 131 Å². The molecular weight excluding hydrogens is 296 g/mol. The molecule has 22 heavy (non-hydrogen) atoms. The van der Waals surface area contributed by atoms with Gasteiger partial charge in [-0.2, -0.15) is 0 Å². The average Bonchev–Trinajstić information content (AvgIpc) is 2.96. The zero-order valence-electron chi connectivity index (χ0n) is 11.9. The second kappa shape index (κ2) is 5.46. The molecule has 0 bridgehead atoms. The van der Waals surface area contributed by atoms with E-state index >= 15 is 0 Å². The molecule has 0 radical (unpaired) electrons. The van der Waals surface area contributed by atoms with Crippen LogP contribution in [0, 0.1) is 0 Å². The third-order valence-electron chi connectivity index (χ3n) is 3.75. The highest BCUT2D eigenvalue weighted by Gasteiger charge is 2.17. The molecule has 1 aliphatic carbocycles. The van der Waals surface area contributed by atoms with E-state index in [1.54, 1.807) is 11.3 Å². The van der Waals surface area contributed by atoms with Gasteiger partial charge in [-0.15, -0.1) is 11.3 Å². The van der Waals surface area contributed by atoms with Crippen molar-refractivity contribution in [3.8, 4) is 0 Å². The summed E-state index contributed by atoms with van der Waals surface area (Å²) in [4.78, 5) is 26.8. The fraction of sp³-hybridized carbons (Fsp3) is 0.250. The molecule has 1 N–H and O–H groups in total. The Bertz CT molecular complexity index is 835. The van der Waals surface area contributed by atoms with Crippen LogP contribution in [0.25, 0.3) is 11.0 Å². The number of fused-ring (bicyclic) bond motifs is 2. The van der Waals surface area contributed by atoms with Crippen molar-refractivity contribution in [1.29, 1.82) is 0 Å². The van der Waals surface area contributed by atoms with E-state index in [4.69, 9.17) is 0 Å². The summed E-state index contributed by atoms with van der Waals surface area (Å²) in [5, 5.41) is 3.51. The number of carbonyl (C=O) groups is 1. The molecule has 0 aliphatic heterocycles. The largest absolute Gasteiger partial charge is 0.296 e. The van der Waals surface area contributed by atoms with E-state index in [1.165, 1.54) is 23.9 Å². The topological polar surface area (TPSA) is 67.8 Å². The van der Waals surface area contributed by atoms with E-state index < -0.39 is 0 Å². The number of aromatic nitrogens is 3. The van der Waals surface area contributed by atoms with E-state index in [0.29, 0.717) is 16.3 Å². The van der Waals surface area contributed by atoms with E-state index in [0.717, 1.165) is 24.1 Å². The molecule has 0 saturated carbocycles. The van der Waals surface area contributed by atoms with E-state index in [2.05, 4.69) is 20.3 Å². The lowest BCUT2D eigenvalue weighted by Crippen LogP contribution is -2.14. The summed E-state index contributed by atoms with van der Waals surface area (Å²) in [5.74, 6) is -0.260. The Balaban J connectivity index is 1.59. The molecule has 0 unspecified atom stereocenters. The zero-order chi connectivity index (χ0) is 14.9. The lowest BCUT2D eigenvalue weighted by Gasteiger charge is -2.06. The van der Waals surface area contributed by atoms with Gasteiger partial charge >= 0.3 is 0 Å². The predicted molar refractivity (Wildman–Crippen MR) is 86.2 cm³/mol. The fourth-order valence-corrected chi connectivity index (χ4v) is 3.68. The lowest BCUT2D eigenvalue weighted by atomic mass is 10.0. The highest BCUT2D eigenvalue weighted by molar-refractivity contribution is 7.15. The highest BCUT2D eigenvalue weighted by Crippen LogP contribution is 2.29. The van der Waals surface area contributed by atoms with Gasteiger partial charge in [0, 0.05) is 4.88 Å². The molecule has 0 saturated heterocycles. The van der Waals surface area contributed by atoms with Gasteiger partial charge in [0.25, 0.3) is 5.91 Å². The molecule has 0 atom stereocenters. The van der Waals surface area contributed by atoms with Crippen LogP contribution >= 0.6 is 11.3 Å². The summed E-state index contributed by atoms with van der Waals surface area (Å²) >= 11 is 1.57. The van der Waals surface area contributed by atoms with Crippen LogP contribution in [0.5, 0.6) is 0 Å². The lowest BCUT2D eigenvalue weighted by molar-refractivity contribution is 0.102. The summed E-state index contributed by atoms with van der Waals surface area (Å²) in [6, 6.07) is 7.50. The van der Waals surface area contributed by atoms with Crippen molar-refractivity contribution in [1.82, 2.24) is 15.0 Å². The van der Waals surface area contributed by atoms with Gasteiger partial charge in [0.1, 0.15) is 5.69 Å². The fourth-order valence-electron chi connectivity index (χ4n) is 2.63. The number of para-hydroxylation sites is 2. The quantitative estimate of drug-likeness (QED) is 0.789. The number of hydrogen-bond donors (Lipinski definition) is 1. The van der Waals surface area contributed by atoms with Crippen LogP contribution in [0.2, 0.25) is 0 Å².